The summed E-state index contributed by atoms with van der Waals surface area (Å²) >= 11 is 0. The molecule has 0 aliphatic rings. The van der Waals surface area contributed by atoms with Crippen LogP contribution in [0.2, 0.25) is 0 Å². The number of aromatic nitrogens is 2. The minimum atomic E-state index is -3.72. The van der Waals surface area contributed by atoms with Crippen molar-refractivity contribution < 1.29 is 17.9 Å². The van der Waals surface area contributed by atoms with E-state index < -0.39 is 10.0 Å². The van der Waals surface area contributed by atoms with Gasteiger partial charge in [0, 0.05) is 12.1 Å². The standard InChI is InChI=1S/C20H22N4O4S/c1-13-4-6-14(7-5-13)12-22-20(25)17-11-16(23-24-17)15-8-9-18(28-3)19(10-15)29(26,27)21-2/h4-11,21H,12H2,1-3H3,(H,22,25)(H,23,24). The van der Waals surface area contributed by atoms with Gasteiger partial charge in [0.2, 0.25) is 10.0 Å². The number of hydrogen-bond acceptors (Lipinski definition) is 5. The van der Waals surface area contributed by atoms with Crippen molar-refractivity contribution in [3.8, 4) is 17.0 Å². The van der Waals surface area contributed by atoms with Crippen LogP contribution in [0.1, 0.15) is 21.6 Å². The largest absolute Gasteiger partial charge is 0.495 e. The topological polar surface area (TPSA) is 113 Å². The fraction of sp³-hybridized carbons (Fsp3) is 0.200. The van der Waals surface area contributed by atoms with Gasteiger partial charge in [-0.2, -0.15) is 5.10 Å². The highest BCUT2D eigenvalue weighted by Crippen LogP contribution is 2.29. The number of aryl methyl sites for hydroxylation is 1. The van der Waals surface area contributed by atoms with E-state index >= 15 is 0 Å². The Labute approximate surface area is 169 Å². The van der Waals surface area contributed by atoms with Crippen LogP contribution < -0.4 is 14.8 Å². The summed E-state index contributed by atoms with van der Waals surface area (Å²) in [5.41, 5.74) is 3.40. The van der Waals surface area contributed by atoms with Crippen LogP contribution in [-0.2, 0) is 16.6 Å². The van der Waals surface area contributed by atoms with Crippen molar-refractivity contribution >= 4 is 15.9 Å². The van der Waals surface area contributed by atoms with Gasteiger partial charge in [0.1, 0.15) is 16.3 Å². The van der Waals surface area contributed by atoms with Crippen LogP contribution in [0.25, 0.3) is 11.3 Å². The average molecular weight is 414 g/mol. The fourth-order valence-electron chi connectivity index (χ4n) is 2.73. The number of aromatic amines is 1. The highest BCUT2D eigenvalue weighted by atomic mass is 32.2. The van der Waals surface area contributed by atoms with Gasteiger partial charge >= 0.3 is 0 Å². The van der Waals surface area contributed by atoms with E-state index in [1.807, 2.05) is 31.2 Å². The van der Waals surface area contributed by atoms with Crippen LogP contribution >= 0.6 is 0 Å². The lowest BCUT2D eigenvalue weighted by molar-refractivity contribution is 0.0946. The molecule has 0 aliphatic carbocycles. The molecule has 2 aromatic carbocycles. The van der Waals surface area contributed by atoms with Crippen LogP contribution in [0.4, 0.5) is 0 Å². The first-order valence-corrected chi connectivity index (χ1v) is 10.3. The number of sulfonamides is 1. The van der Waals surface area contributed by atoms with Gasteiger partial charge < -0.3 is 10.1 Å². The maximum atomic E-state index is 12.4. The molecule has 8 nitrogen and oxygen atoms in total. The molecule has 29 heavy (non-hydrogen) atoms. The molecule has 0 saturated heterocycles. The molecule has 0 atom stereocenters. The Morgan fingerprint density at radius 1 is 1.14 bits per heavy atom. The first-order valence-electron chi connectivity index (χ1n) is 8.85. The number of H-pyrrole nitrogens is 1. The van der Waals surface area contributed by atoms with Crippen molar-refractivity contribution in [2.75, 3.05) is 14.2 Å². The molecule has 1 amide bonds. The van der Waals surface area contributed by atoms with Crippen molar-refractivity contribution in [3.63, 3.8) is 0 Å². The smallest absolute Gasteiger partial charge is 0.269 e. The van der Waals surface area contributed by atoms with Crippen LogP contribution in [-0.4, -0.2) is 38.7 Å². The third-order valence-corrected chi connectivity index (χ3v) is 5.85. The molecule has 1 heterocycles. The number of carbonyl (C=O) groups is 1. The zero-order valence-corrected chi connectivity index (χ0v) is 17.1. The number of benzene rings is 2. The van der Waals surface area contributed by atoms with Crippen molar-refractivity contribution in [3.05, 3.63) is 65.4 Å². The van der Waals surface area contributed by atoms with Gasteiger partial charge in [-0.1, -0.05) is 29.8 Å². The van der Waals surface area contributed by atoms with Crippen molar-refractivity contribution in [1.29, 1.82) is 0 Å². The van der Waals surface area contributed by atoms with Crippen molar-refractivity contribution in [2.24, 2.45) is 0 Å². The molecule has 0 aliphatic heterocycles. The molecular weight excluding hydrogens is 392 g/mol. The van der Waals surface area contributed by atoms with Gasteiger partial charge in [-0.25, -0.2) is 13.1 Å². The highest BCUT2D eigenvalue weighted by Gasteiger charge is 2.20. The number of hydrogen-bond donors (Lipinski definition) is 3. The van der Waals surface area contributed by atoms with Gasteiger partial charge in [-0.05, 0) is 43.8 Å². The first-order chi connectivity index (χ1) is 13.8. The molecular formula is C20H22N4O4S. The zero-order chi connectivity index (χ0) is 21.0. The summed E-state index contributed by atoms with van der Waals surface area (Å²) in [6, 6.07) is 14.1. The number of amides is 1. The van der Waals surface area contributed by atoms with Crippen LogP contribution in [0.3, 0.4) is 0 Å². The zero-order valence-electron chi connectivity index (χ0n) is 16.3. The molecule has 152 valence electrons. The maximum Gasteiger partial charge on any atom is 0.269 e. The summed E-state index contributed by atoms with van der Waals surface area (Å²) in [6.45, 7) is 2.39. The third-order valence-electron chi connectivity index (χ3n) is 4.41. The SMILES string of the molecule is CNS(=O)(=O)c1cc(-c2cc(C(=O)NCc3ccc(C)cc3)[nH]n2)ccc1OC. The highest BCUT2D eigenvalue weighted by molar-refractivity contribution is 7.89. The minimum absolute atomic E-state index is 0.00614. The molecule has 0 saturated carbocycles. The fourth-order valence-corrected chi connectivity index (χ4v) is 3.64. The lowest BCUT2D eigenvalue weighted by atomic mass is 10.1. The quantitative estimate of drug-likeness (QED) is 0.549. The van der Waals surface area contributed by atoms with Gasteiger partial charge in [0.05, 0.1) is 12.8 Å². The molecule has 0 spiro atoms. The predicted octanol–water partition coefficient (Wildman–Crippen LogP) is 2.23. The molecule has 3 N–H and O–H groups in total. The molecule has 9 heteroatoms. The summed E-state index contributed by atoms with van der Waals surface area (Å²) in [6.07, 6.45) is 0. The van der Waals surface area contributed by atoms with Crippen LogP contribution in [0.15, 0.2) is 53.4 Å². The van der Waals surface area contributed by atoms with E-state index in [1.165, 1.54) is 20.2 Å². The lowest BCUT2D eigenvalue weighted by Gasteiger charge is -2.09. The molecule has 0 bridgehead atoms. The molecule has 3 aromatic rings. The Bertz CT molecular complexity index is 1120. The van der Waals surface area contributed by atoms with Gasteiger partial charge in [0.25, 0.3) is 5.91 Å². The van der Waals surface area contributed by atoms with Crippen molar-refractivity contribution in [1.82, 2.24) is 20.2 Å². The summed E-state index contributed by atoms with van der Waals surface area (Å²) in [7, 11) is -0.992. The second-order valence-corrected chi connectivity index (χ2v) is 8.26. The number of carbonyl (C=O) groups excluding carboxylic acids is 1. The van der Waals surface area contributed by atoms with E-state index in [-0.39, 0.29) is 22.2 Å². The van der Waals surface area contributed by atoms with E-state index in [0.29, 0.717) is 17.8 Å². The number of rotatable bonds is 7. The van der Waals surface area contributed by atoms with Gasteiger partial charge in [0.15, 0.2) is 0 Å². The molecule has 3 rings (SSSR count). The summed E-state index contributed by atoms with van der Waals surface area (Å²) < 4.78 is 31.9. The molecule has 0 fully saturated rings. The second kappa shape index (κ2) is 8.46. The Morgan fingerprint density at radius 3 is 2.52 bits per heavy atom. The predicted molar refractivity (Wildman–Crippen MR) is 109 cm³/mol. The Morgan fingerprint density at radius 2 is 1.86 bits per heavy atom. The molecule has 0 radical (unpaired) electrons. The van der Waals surface area contributed by atoms with Crippen LogP contribution in [0.5, 0.6) is 5.75 Å². The van der Waals surface area contributed by atoms with E-state index in [1.54, 1.807) is 18.2 Å². The summed E-state index contributed by atoms with van der Waals surface area (Å²) in [5, 5.41) is 9.65. The maximum absolute atomic E-state index is 12.4. The first kappa shape index (κ1) is 20.6. The van der Waals surface area contributed by atoms with Gasteiger partial charge in [-0.15, -0.1) is 0 Å². The van der Waals surface area contributed by atoms with E-state index in [2.05, 4.69) is 20.2 Å². The minimum Gasteiger partial charge on any atom is -0.495 e. The second-order valence-electron chi connectivity index (χ2n) is 6.41. The normalized spacial score (nSPS) is 11.3. The van der Waals surface area contributed by atoms with Gasteiger partial charge in [-0.3, -0.25) is 9.89 Å². The molecule has 0 unspecified atom stereocenters. The third kappa shape index (κ3) is 4.64. The Hall–Kier alpha value is -3.17. The van der Waals surface area contributed by atoms with E-state index in [0.717, 1.165) is 11.1 Å². The lowest BCUT2D eigenvalue weighted by Crippen LogP contribution is -2.23. The Balaban J connectivity index is 1.79. The van der Waals surface area contributed by atoms with Crippen molar-refractivity contribution in [2.45, 2.75) is 18.4 Å². The monoisotopic (exact) mass is 414 g/mol. The number of nitrogens with zero attached hydrogens (tertiary/aromatic N) is 1. The van der Waals surface area contributed by atoms with Crippen LogP contribution in [0, 0.1) is 6.92 Å². The van der Waals surface area contributed by atoms with E-state index in [4.69, 9.17) is 4.74 Å². The number of nitrogens with one attached hydrogen (secondary N) is 3. The molecule has 1 aromatic heterocycles. The number of methoxy groups -OCH3 is 1. The van der Waals surface area contributed by atoms with E-state index in [9.17, 15) is 13.2 Å². The average Bonchev–Trinajstić information content (AvgIpc) is 3.23. The summed E-state index contributed by atoms with van der Waals surface area (Å²) in [5.74, 6) is -0.0874. The Kier molecular flexibility index (Phi) is 6.00. The number of ether oxygens (including phenoxy) is 1. The summed E-state index contributed by atoms with van der Waals surface area (Å²) in [4.78, 5) is 12.4.